The van der Waals surface area contributed by atoms with Gasteiger partial charge in [0.05, 0.1) is 11.5 Å². The minimum Gasteiger partial charge on any atom is -0.392 e. The molecule has 76 valence electrons. The van der Waals surface area contributed by atoms with Crippen LogP contribution in [0.15, 0.2) is 0 Å². The van der Waals surface area contributed by atoms with Gasteiger partial charge in [-0.3, -0.25) is 4.90 Å². The second kappa shape index (κ2) is 3.79. The summed E-state index contributed by atoms with van der Waals surface area (Å²) in [6, 6.07) is 0.0307. The van der Waals surface area contributed by atoms with Crippen LogP contribution in [-0.4, -0.2) is 35.2 Å². The zero-order valence-electron chi connectivity index (χ0n) is 6.97. The van der Waals surface area contributed by atoms with Gasteiger partial charge in [-0.2, -0.15) is 13.2 Å². The second-order valence-electron chi connectivity index (χ2n) is 3.22. The van der Waals surface area contributed by atoms with Crippen molar-refractivity contribution in [3.05, 3.63) is 0 Å². The minimum atomic E-state index is -4.16. The SMILES string of the molecule is NC(=S)CN(CC(F)(F)F)C1CC1. The van der Waals surface area contributed by atoms with Crippen molar-refractivity contribution in [3.8, 4) is 0 Å². The number of alkyl halides is 3. The van der Waals surface area contributed by atoms with E-state index < -0.39 is 12.7 Å². The first-order valence-electron chi connectivity index (χ1n) is 3.97. The summed E-state index contributed by atoms with van der Waals surface area (Å²) >= 11 is 4.58. The smallest absolute Gasteiger partial charge is 0.392 e. The van der Waals surface area contributed by atoms with Crippen molar-refractivity contribution in [1.82, 2.24) is 4.90 Å². The van der Waals surface area contributed by atoms with Gasteiger partial charge in [-0.05, 0) is 12.8 Å². The molecule has 13 heavy (non-hydrogen) atoms. The molecule has 1 aliphatic rings. The highest BCUT2D eigenvalue weighted by molar-refractivity contribution is 7.80. The molecule has 1 aliphatic carbocycles. The van der Waals surface area contributed by atoms with E-state index in [9.17, 15) is 13.2 Å². The van der Waals surface area contributed by atoms with E-state index in [2.05, 4.69) is 12.2 Å². The van der Waals surface area contributed by atoms with Gasteiger partial charge in [0.15, 0.2) is 0 Å². The summed E-state index contributed by atoms with van der Waals surface area (Å²) in [5, 5.41) is 0. The van der Waals surface area contributed by atoms with Crippen molar-refractivity contribution in [1.29, 1.82) is 0 Å². The predicted octanol–water partition coefficient (Wildman–Crippen LogP) is 1.30. The van der Waals surface area contributed by atoms with Gasteiger partial charge in [-0.25, -0.2) is 0 Å². The van der Waals surface area contributed by atoms with E-state index in [1.165, 1.54) is 4.90 Å². The van der Waals surface area contributed by atoms with Crippen LogP contribution in [0.2, 0.25) is 0 Å². The fraction of sp³-hybridized carbons (Fsp3) is 0.857. The quantitative estimate of drug-likeness (QED) is 0.712. The lowest BCUT2D eigenvalue weighted by Gasteiger charge is -2.22. The van der Waals surface area contributed by atoms with Gasteiger partial charge in [0, 0.05) is 12.6 Å². The van der Waals surface area contributed by atoms with Gasteiger partial charge >= 0.3 is 6.18 Å². The van der Waals surface area contributed by atoms with Crippen LogP contribution in [0.4, 0.5) is 13.2 Å². The second-order valence-corrected chi connectivity index (χ2v) is 3.74. The molecule has 0 radical (unpaired) electrons. The number of nitrogens with two attached hydrogens (primary N) is 1. The lowest BCUT2D eigenvalue weighted by atomic mass is 10.4. The molecule has 1 saturated carbocycles. The highest BCUT2D eigenvalue weighted by Gasteiger charge is 2.37. The molecule has 0 aromatic carbocycles. The van der Waals surface area contributed by atoms with Crippen LogP contribution in [0.25, 0.3) is 0 Å². The Labute approximate surface area is 79.9 Å². The van der Waals surface area contributed by atoms with E-state index in [0.717, 1.165) is 12.8 Å². The fourth-order valence-corrected chi connectivity index (χ4v) is 1.35. The zero-order valence-corrected chi connectivity index (χ0v) is 7.79. The van der Waals surface area contributed by atoms with Crippen LogP contribution in [0.5, 0.6) is 0 Å². The Hall–Kier alpha value is -0.360. The molecule has 6 heteroatoms. The van der Waals surface area contributed by atoms with Crippen molar-refractivity contribution in [2.75, 3.05) is 13.1 Å². The highest BCUT2D eigenvalue weighted by Crippen LogP contribution is 2.29. The molecule has 1 fully saturated rings. The number of nitrogens with zero attached hydrogens (tertiary/aromatic N) is 1. The lowest BCUT2D eigenvalue weighted by Crippen LogP contribution is -2.40. The van der Waals surface area contributed by atoms with Crippen molar-refractivity contribution < 1.29 is 13.2 Å². The first-order valence-corrected chi connectivity index (χ1v) is 4.38. The van der Waals surface area contributed by atoms with Gasteiger partial charge in [-0.1, -0.05) is 12.2 Å². The molecule has 2 N–H and O–H groups in total. The van der Waals surface area contributed by atoms with Crippen molar-refractivity contribution in [2.45, 2.75) is 25.1 Å². The van der Waals surface area contributed by atoms with Gasteiger partial charge in [-0.15, -0.1) is 0 Å². The zero-order chi connectivity index (χ0) is 10.1. The summed E-state index contributed by atoms with van der Waals surface area (Å²) in [7, 11) is 0. The molecule has 0 aliphatic heterocycles. The largest absolute Gasteiger partial charge is 0.401 e. The maximum absolute atomic E-state index is 12.0. The molecule has 0 spiro atoms. The van der Waals surface area contributed by atoms with Crippen LogP contribution >= 0.6 is 12.2 Å². The monoisotopic (exact) mass is 212 g/mol. The lowest BCUT2D eigenvalue weighted by molar-refractivity contribution is -0.145. The normalized spacial score (nSPS) is 17.8. The molecule has 0 heterocycles. The average Bonchev–Trinajstić information content (AvgIpc) is 2.60. The summed E-state index contributed by atoms with van der Waals surface area (Å²) in [6.07, 6.45) is -2.52. The maximum Gasteiger partial charge on any atom is 0.401 e. The Bertz CT molecular complexity index is 200. The highest BCUT2D eigenvalue weighted by atomic mass is 32.1. The number of hydrogen-bond donors (Lipinski definition) is 1. The van der Waals surface area contributed by atoms with E-state index in [4.69, 9.17) is 5.73 Å². The Balaban J connectivity index is 2.42. The number of rotatable bonds is 4. The Kier molecular flexibility index (Phi) is 3.13. The average molecular weight is 212 g/mol. The third kappa shape index (κ3) is 4.42. The maximum atomic E-state index is 12.0. The molecule has 2 nitrogen and oxygen atoms in total. The van der Waals surface area contributed by atoms with E-state index >= 15 is 0 Å². The molecule has 0 saturated heterocycles. The van der Waals surface area contributed by atoms with Crippen molar-refractivity contribution in [3.63, 3.8) is 0 Å². The van der Waals surface area contributed by atoms with Gasteiger partial charge in [0.2, 0.25) is 0 Å². The minimum absolute atomic E-state index is 0.0307. The van der Waals surface area contributed by atoms with Gasteiger partial charge < -0.3 is 5.73 Å². The predicted molar refractivity (Wildman–Crippen MR) is 47.4 cm³/mol. The number of halogens is 3. The Morgan fingerprint density at radius 1 is 1.46 bits per heavy atom. The molecule has 0 aromatic rings. The molecule has 0 atom stereocenters. The standard InChI is InChI=1S/C7H11F3N2S/c8-7(9,10)4-12(3-6(11)13)5-1-2-5/h5H,1-4H2,(H2,11,13). The topological polar surface area (TPSA) is 29.3 Å². The Morgan fingerprint density at radius 2 is 2.00 bits per heavy atom. The summed E-state index contributed by atoms with van der Waals surface area (Å²) in [4.78, 5) is 1.42. The summed E-state index contributed by atoms with van der Waals surface area (Å²) in [5.41, 5.74) is 5.20. The van der Waals surface area contributed by atoms with E-state index in [0.29, 0.717) is 0 Å². The summed E-state index contributed by atoms with van der Waals surface area (Å²) in [6.45, 7) is -0.839. The van der Waals surface area contributed by atoms with Crippen LogP contribution in [-0.2, 0) is 0 Å². The molecule has 0 bridgehead atoms. The van der Waals surface area contributed by atoms with Gasteiger partial charge in [0.25, 0.3) is 0 Å². The third-order valence-electron chi connectivity index (χ3n) is 1.80. The van der Waals surface area contributed by atoms with Gasteiger partial charge in [0.1, 0.15) is 0 Å². The number of hydrogen-bond acceptors (Lipinski definition) is 2. The third-order valence-corrected chi connectivity index (χ3v) is 1.93. The van der Waals surface area contributed by atoms with E-state index in [-0.39, 0.29) is 17.6 Å². The molecular formula is C7H11F3N2S. The molecule has 0 aromatic heterocycles. The van der Waals surface area contributed by atoms with Crippen molar-refractivity contribution >= 4 is 17.2 Å². The molecular weight excluding hydrogens is 201 g/mol. The van der Waals surface area contributed by atoms with E-state index in [1.807, 2.05) is 0 Å². The van der Waals surface area contributed by atoms with E-state index in [1.54, 1.807) is 0 Å². The van der Waals surface area contributed by atoms with Crippen LogP contribution < -0.4 is 5.73 Å². The van der Waals surface area contributed by atoms with Crippen molar-refractivity contribution in [2.24, 2.45) is 5.73 Å². The first-order chi connectivity index (χ1) is 5.88. The fourth-order valence-electron chi connectivity index (χ4n) is 1.18. The number of thiocarbonyl (C=S) groups is 1. The summed E-state index contributed by atoms with van der Waals surface area (Å²) in [5.74, 6) is 0. The Morgan fingerprint density at radius 3 is 2.31 bits per heavy atom. The molecule has 1 rings (SSSR count). The first kappa shape index (κ1) is 10.7. The van der Waals surface area contributed by atoms with Crippen LogP contribution in [0.1, 0.15) is 12.8 Å². The molecule has 0 unspecified atom stereocenters. The molecule has 0 amide bonds. The van der Waals surface area contributed by atoms with Crippen LogP contribution in [0.3, 0.4) is 0 Å². The summed E-state index contributed by atoms with van der Waals surface area (Å²) < 4.78 is 36.1. The van der Waals surface area contributed by atoms with Crippen LogP contribution in [0, 0.1) is 0 Å².